The van der Waals surface area contributed by atoms with E-state index in [4.69, 9.17) is 4.74 Å². The lowest BCUT2D eigenvalue weighted by molar-refractivity contribution is -0.121. The van der Waals surface area contributed by atoms with Crippen molar-refractivity contribution in [2.24, 2.45) is 0 Å². The summed E-state index contributed by atoms with van der Waals surface area (Å²) in [5.74, 6) is -3.10. The molecule has 232 valence electrons. The van der Waals surface area contributed by atoms with Crippen LogP contribution in [0.4, 0.5) is 15.8 Å². The molecule has 5 rings (SSSR count). The summed E-state index contributed by atoms with van der Waals surface area (Å²) in [5.41, 5.74) is 1.24. The number of hydrogen-bond acceptors (Lipinski definition) is 7. The van der Waals surface area contributed by atoms with Crippen molar-refractivity contribution in [2.75, 3.05) is 16.8 Å². The first-order valence-corrected chi connectivity index (χ1v) is 15.2. The van der Waals surface area contributed by atoms with Gasteiger partial charge >= 0.3 is 5.97 Å². The molecule has 1 heterocycles. The number of hydrogen-bond donors (Lipinski definition) is 2. The van der Waals surface area contributed by atoms with Gasteiger partial charge < -0.3 is 15.4 Å². The maximum atomic E-state index is 14.5. The van der Waals surface area contributed by atoms with E-state index < -0.39 is 34.8 Å². The molecule has 0 bridgehead atoms. The second-order valence-corrected chi connectivity index (χ2v) is 11.3. The molecular weight excluding hydrogens is 609 g/mol. The van der Waals surface area contributed by atoms with Crippen LogP contribution in [0.3, 0.4) is 0 Å². The summed E-state index contributed by atoms with van der Waals surface area (Å²) in [5, 5.41) is 4.58. The Kier molecular flexibility index (Phi) is 10.0. The molecule has 4 aromatic carbocycles. The molecule has 1 aliphatic rings. The lowest BCUT2D eigenvalue weighted by atomic mass is 10.1. The first kappa shape index (κ1) is 31.9. The normalized spacial score (nSPS) is 14.6. The fourth-order valence-corrected chi connectivity index (χ4v) is 5.74. The minimum atomic E-state index is -0.718. The lowest BCUT2D eigenvalue weighted by Gasteiger charge is -2.16. The topological polar surface area (TPSA) is 122 Å². The number of carbonyl (C=O) groups is 5. The van der Waals surface area contributed by atoms with Crippen molar-refractivity contribution in [3.05, 3.63) is 131 Å². The van der Waals surface area contributed by atoms with E-state index in [0.717, 1.165) is 4.90 Å². The SMILES string of the molecule is CCOC(=O)c1ccc(N2C(=O)C[C@@H](Sc3cccc(NC(=O)/C(=C/c4ccccc4F)NC(=O)c4ccccc4)c3)C2=O)cc1. The second kappa shape index (κ2) is 14.5. The van der Waals surface area contributed by atoms with Crippen molar-refractivity contribution in [1.29, 1.82) is 0 Å². The predicted octanol–water partition coefficient (Wildman–Crippen LogP) is 5.84. The van der Waals surface area contributed by atoms with E-state index >= 15 is 0 Å². The summed E-state index contributed by atoms with van der Waals surface area (Å²) >= 11 is 1.17. The van der Waals surface area contributed by atoms with Gasteiger partial charge in [-0.25, -0.2) is 14.1 Å². The molecule has 2 N–H and O–H groups in total. The third-order valence-electron chi connectivity index (χ3n) is 6.85. The van der Waals surface area contributed by atoms with E-state index in [-0.39, 0.29) is 30.2 Å². The Morgan fingerprint density at radius 3 is 2.35 bits per heavy atom. The molecule has 1 saturated heterocycles. The van der Waals surface area contributed by atoms with E-state index in [9.17, 15) is 28.4 Å². The molecule has 9 nitrogen and oxygen atoms in total. The smallest absolute Gasteiger partial charge is 0.338 e. The molecule has 0 spiro atoms. The molecular formula is C35H28FN3O6S. The monoisotopic (exact) mass is 637 g/mol. The summed E-state index contributed by atoms with van der Waals surface area (Å²) in [4.78, 5) is 66.0. The number of benzene rings is 4. The maximum Gasteiger partial charge on any atom is 0.338 e. The van der Waals surface area contributed by atoms with Gasteiger partial charge in [-0.05, 0) is 73.7 Å². The van der Waals surface area contributed by atoms with Gasteiger partial charge in [-0.1, -0.05) is 42.5 Å². The van der Waals surface area contributed by atoms with Crippen LogP contribution in [0.5, 0.6) is 0 Å². The number of imide groups is 1. The van der Waals surface area contributed by atoms with Crippen LogP contribution in [0.25, 0.3) is 6.08 Å². The van der Waals surface area contributed by atoms with Gasteiger partial charge in [0, 0.05) is 28.1 Å². The molecule has 0 unspecified atom stereocenters. The molecule has 11 heteroatoms. The highest BCUT2D eigenvalue weighted by molar-refractivity contribution is 8.00. The first-order valence-electron chi connectivity index (χ1n) is 14.3. The average Bonchev–Trinajstić information content (AvgIpc) is 3.34. The fraction of sp³-hybridized carbons (Fsp3) is 0.114. The Hall–Kier alpha value is -5.55. The molecule has 0 radical (unpaired) electrons. The molecule has 4 amide bonds. The van der Waals surface area contributed by atoms with Crippen LogP contribution >= 0.6 is 11.8 Å². The Balaban J connectivity index is 1.30. The molecule has 1 atom stereocenters. The molecule has 1 fully saturated rings. The number of amides is 4. The van der Waals surface area contributed by atoms with Crippen LogP contribution in [0, 0.1) is 5.82 Å². The van der Waals surface area contributed by atoms with E-state index in [1.54, 1.807) is 67.6 Å². The highest BCUT2D eigenvalue weighted by Crippen LogP contribution is 2.35. The number of nitrogens with zero attached hydrogens (tertiary/aromatic N) is 1. The van der Waals surface area contributed by atoms with Gasteiger partial charge in [0.25, 0.3) is 11.8 Å². The van der Waals surface area contributed by atoms with Gasteiger partial charge in [0.2, 0.25) is 11.8 Å². The van der Waals surface area contributed by atoms with Crippen LogP contribution in [0.15, 0.2) is 114 Å². The Morgan fingerprint density at radius 2 is 1.63 bits per heavy atom. The van der Waals surface area contributed by atoms with Crippen LogP contribution in [0.1, 0.15) is 39.6 Å². The van der Waals surface area contributed by atoms with E-state index in [2.05, 4.69) is 10.6 Å². The third-order valence-corrected chi connectivity index (χ3v) is 8.02. The number of rotatable bonds is 10. The lowest BCUT2D eigenvalue weighted by Crippen LogP contribution is -2.31. The number of thioether (sulfide) groups is 1. The molecule has 0 aliphatic carbocycles. The minimum absolute atomic E-state index is 0.0409. The van der Waals surface area contributed by atoms with Crippen LogP contribution < -0.4 is 15.5 Å². The van der Waals surface area contributed by atoms with Crippen LogP contribution in [0.2, 0.25) is 0 Å². The van der Waals surface area contributed by atoms with E-state index in [0.29, 0.717) is 27.4 Å². The summed E-state index contributed by atoms with van der Waals surface area (Å²) in [7, 11) is 0. The quantitative estimate of drug-likeness (QED) is 0.127. The van der Waals surface area contributed by atoms with Gasteiger partial charge in [-0.15, -0.1) is 11.8 Å². The van der Waals surface area contributed by atoms with Gasteiger partial charge in [-0.2, -0.15) is 0 Å². The van der Waals surface area contributed by atoms with Crippen LogP contribution in [-0.4, -0.2) is 41.5 Å². The zero-order valence-electron chi connectivity index (χ0n) is 24.6. The summed E-state index contributed by atoms with van der Waals surface area (Å²) < 4.78 is 19.4. The summed E-state index contributed by atoms with van der Waals surface area (Å²) in [6.07, 6.45) is 1.21. The van der Waals surface area contributed by atoms with Crippen molar-refractivity contribution in [3.63, 3.8) is 0 Å². The van der Waals surface area contributed by atoms with Crippen molar-refractivity contribution in [3.8, 4) is 0 Å². The minimum Gasteiger partial charge on any atom is -0.462 e. The highest BCUT2D eigenvalue weighted by atomic mass is 32.2. The van der Waals surface area contributed by atoms with Gasteiger partial charge in [0.05, 0.1) is 23.1 Å². The fourth-order valence-electron chi connectivity index (χ4n) is 4.63. The zero-order chi connectivity index (χ0) is 32.6. The van der Waals surface area contributed by atoms with Crippen LogP contribution in [-0.2, 0) is 19.1 Å². The molecule has 46 heavy (non-hydrogen) atoms. The predicted molar refractivity (Wildman–Crippen MR) is 173 cm³/mol. The van der Waals surface area contributed by atoms with Crippen molar-refractivity contribution in [1.82, 2.24) is 5.32 Å². The zero-order valence-corrected chi connectivity index (χ0v) is 25.4. The third kappa shape index (κ3) is 7.56. The maximum absolute atomic E-state index is 14.5. The number of anilines is 2. The number of ether oxygens (including phenoxy) is 1. The van der Waals surface area contributed by atoms with Crippen molar-refractivity contribution < 1.29 is 33.1 Å². The standard InChI is InChI=1S/C35H28FN3O6S/c1-2-45-35(44)23-15-17-26(18-16-23)39-31(40)21-30(34(39)43)46-27-13-8-12-25(20-27)37-33(42)29(19-24-11-6-7-14-28(24)36)38-32(41)22-9-4-3-5-10-22/h3-20,30H,2,21H2,1H3,(H,37,42)(H,38,41)/b29-19-/t30-/m1/s1. The summed E-state index contributed by atoms with van der Waals surface area (Å²) in [6, 6.07) is 26.9. The Bertz CT molecular complexity index is 1830. The van der Waals surface area contributed by atoms with Gasteiger partial charge in [0.1, 0.15) is 11.5 Å². The van der Waals surface area contributed by atoms with Gasteiger partial charge in [0.15, 0.2) is 0 Å². The highest BCUT2D eigenvalue weighted by Gasteiger charge is 2.40. The number of halogens is 1. The largest absolute Gasteiger partial charge is 0.462 e. The molecule has 0 aromatic heterocycles. The Labute approximate surface area is 268 Å². The molecule has 4 aromatic rings. The number of esters is 1. The van der Waals surface area contributed by atoms with Gasteiger partial charge in [-0.3, -0.25) is 19.2 Å². The molecule has 1 aliphatic heterocycles. The number of nitrogens with one attached hydrogen (secondary N) is 2. The van der Waals surface area contributed by atoms with Crippen molar-refractivity contribution in [2.45, 2.75) is 23.5 Å². The van der Waals surface area contributed by atoms with E-state index in [1.807, 2.05) is 0 Å². The first-order chi connectivity index (χ1) is 22.2. The van der Waals surface area contributed by atoms with Crippen molar-refractivity contribution >= 4 is 58.8 Å². The van der Waals surface area contributed by atoms with E-state index in [1.165, 1.54) is 60.3 Å². The second-order valence-electron chi connectivity index (χ2n) is 10.0. The summed E-state index contributed by atoms with van der Waals surface area (Å²) in [6.45, 7) is 1.92. The number of carbonyl (C=O) groups excluding carboxylic acids is 5. The average molecular weight is 638 g/mol. The Morgan fingerprint density at radius 1 is 0.913 bits per heavy atom. The molecule has 0 saturated carbocycles.